The van der Waals surface area contributed by atoms with Gasteiger partial charge in [-0.25, -0.2) is 0 Å². The van der Waals surface area contributed by atoms with Crippen molar-refractivity contribution in [3.05, 3.63) is 0 Å². The molecule has 1 fully saturated rings. The van der Waals surface area contributed by atoms with E-state index in [4.69, 9.17) is 5.11 Å². The largest absolute Gasteiger partial charge is 0.480 e. The fourth-order valence-corrected chi connectivity index (χ4v) is 3.51. The number of rotatable bonds is 10. The van der Waals surface area contributed by atoms with E-state index in [0.29, 0.717) is 18.5 Å². The van der Waals surface area contributed by atoms with Gasteiger partial charge >= 0.3 is 5.97 Å². The highest BCUT2D eigenvalue weighted by Gasteiger charge is 2.22. The Morgan fingerprint density at radius 1 is 1.20 bits per heavy atom. The van der Waals surface area contributed by atoms with Gasteiger partial charge in [0.05, 0.1) is 13.1 Å². The molecular formula is C19H37N3O3. The van der Waals surface area contributed by atoms with Gasteiger partial charge < -0.3 is 10.4 Å². The molecule has 146 valence electrons. The van der Waals surface area contributed by atoms with Crippen LogP contribution >= 0.6 is 0 Å². The number of hydrogen-bond acceptors (Lipinski definition) is 4. The number of hydrogen-bond donors (Lipinski definition) is 2. The standard InChI is InChI=1S/C19H37N3O3/c1-15(2)7-5-8-16(3)20-18(23)13-22-11-6-9-17(10-12-22)21(4)14-19(24)25/h15-17H,5-14H2,1-4H3,(H,20,23)(H,24,25). The van der Waals surface area contributed by atoms with Gasteiger partial charge in [0, 0.05) is 18.6 Å². The van der Waals surface area contributed by atoms with Gasteiger partial charge in [-0.15, -0.1) is 0 Å². The maximum Gasteiger partial charge on any atom is 0.317 e. The summed E-state index contributed by atoms with van der Waals surface area (Å²) in [5, 5.41) is 12.0. The van der Waals surface area contributed by atoms with E-state index in [9.17, 15) is 9.59 Å². The maximum absolute atomic E-state index is 12.3. The number of carbonyl (C=O) groups excluding carboxylic acids is 1. The number of aliphatic carboxylic acids is 1. The van der Waals surface area contributed by atoms with Crippen LogP contribution in [0.15, 0.2) is 0 Å². The van der Waals surface area contributed by atoms with E-state index in [1.54, 1.807) is 0 Å². The molecule has 0 aliphatic carbocycles. The zero-order valence-electron chi connectivity index (χ0n) is 16.5. The molecule has 1 saturated heterocycles. The minimum Gasteiger partial charge on any atom is -0.480 e. The summed E-state index contributed by atoms with van der Waals surface area (Å²) in [7, 11) is 1.87. The lowest BCUT2D eigenvalue weighted by Gasteiger charge is -2.25. The van der Waals surface area contributed by atoms with E-state index in [2.05, 4.69) is 31.0 Å². The van der Waals surface area contributed by atoms with E-state index >= 15 is 0 Å². The van der Waals surface area contributed by atoms with Crippen molar-refractivity contribution in [1.82, 2.24) is 15.1 Å². The Morgan fingerprint density at radius 3 is 2.56 bits per heavy atom. The molecule has 0 aromatic heterocycles. The van der Waals surface area contributed by atoms with Crippen LogP contribution in [0.3, 0.4) is 0 Å². The predicted molar refractivity (Wildman–Crippen MR) is 101 cm³/mol. The molecule has 6 heteroatoms. The van der Waals surface area contributed by atoms with Crippen molar-refractivity contribution in [2.75, 3.05) is 33.2 Å². The Morgan fingerprint density at radius 2 is 1.92 bits per heavy atom. The van der Waals surface area contributed by atoms with Crippen LogP contribution in [-0.4, -0.2) is 72.1 Å². The Hall–Kier alpha value is -1.14. The second-order valence-electron chi connectivity index (χ2n) is 7.96. The fourth-order valence-electron chi connectivity index (χ4n) is 3.51. The molecule has 1 heterocycles. The lowest BCUT2D eigenvalue weighted by molar-refractivity contribution is -0.138. The minimum atomic E-state index is -0.783. The van der Waals surface area contributed by atoms with Crippen molar-refractivity contribution in [2.45, 2.75) is 71.4 Å². The van der Waals surface area contributed by atoms with Gasteiger partial charge in [-0.3, -0.25) is 19.4 Å². The van der Waals surface area contributed by atoms with Crippen LogP contribution < -0.4 is 5.32 Å². The number of amides is 1. The fraction of sp³-hybridized carbons (Fsp3) is 0.895. The first-order chi connectivity index (χ1) is 11.8. The molecule has 1 amide bonds. The molecule has 0 radical (unpaired) electrons. The summed E-state index contributed by atoms with van der Waals surface area (Å²) in [4.78, 5) is 27.2. The molecule has 6 nitrogen and oxygen atoms in total. The summed E-state index contributed by atoms with van der Waals surface area (Å²) in [5.41, 5.74) is 0. The zero-order chi connectivity index (χ0) is 18.8. The summed E-state index contributed by atoms with van der Waals surface area (Å²) in [5.74, 6) is 0.0380. The lowest BCUT2D eigenvalue weighted by Crippen LogP contribution is -2.42. The van der Waals surface area contributed by atoms with Gasteiger partial charge in [-0.2, -0.15) is 0 Å². The van der Waals surface area contributed by atoms with E-state index in [1.807, 2.05) is 11.9 Å². The highest BCUT2D eigenvalue weighted by Crippen LogP contribution is 2.15. The SMILES string of the molecule is CC(C)CCCC(C)NC(=O)CN1CCCC(N(C)CC(=O)O)CC1. The molecule has 1 aliphatic rings. The Kier molecular flexibility index (Phi) is 10.0. The summed E-state index contributed by atoms with van der Waals surface area (Å²) >= 11 is 0. The van der Waals surface area contributed by atoms with Crippen molar-refractivity contribution < 1.29 is 14.7 Å². The first kappa shape index (κ1) is 21.9. The van der Waals surface area contributed by atoms with E-state index in [-0.39, 0.29) is 18.5 Å². The average molecular weight is 356 g/mol. The van der Waals surface area contributed by atoms with Crippen LogP contribution in [0.2, 0.25) is 0 Å². The third-order valence-corrected chi connectivity index (χ3v) is 4.99. The molecule has 25 heavy (non-hydrogen) atoms. The van der Waals surface area contributed by atoms with Gasteiger partial charge in [0.2, 0.25) is 5.91 Å². The average Bonchev–Trinajstić information content (AvgIpc) is 2.71. The van der Waals surface area contributed by atoms with Gasteiger partial charge in [0.25, 0.3) is 0 Å². The summed E-state index contributed by atoms with van der Waals surface area (Å²) < 4.78 is 0. The number of likely N-dealkylation sites (N-methyl/N-ethyl adjacent to an activating group) is 1. The first-order valence-electron chi connectivity index (χ1n) is 9.71. The van der Waals surface area contributed by atoms with Crippen molar-refractivity contribution in [3.63, 3.8) is 0 Å². The lowest BCUT2D eigenvalue weighted by atomic mass is 10.0. The van der Waals surface area contributed by atoms with Gasteiger partial charge in [-0.05, 0) is 52.1 Å². The second kappa shape index (κ2) is 11.5. The number of nitrogens with zero attached hydrogens (tertiary/aromatic N) is 2. The van der Waals surface area contributed by atoms with Crippen LogP contribution in [-0.2, 0) is 9.59 Å². The van der Waals surface area contributed by atoms with Crippen LogP contribution in [0, 0.1) is 5.92 Å². The van der Waals surface area contributed by atoms with Gasteiger partial charge in [-0.1, -0.05) is 26.7 Å². The van der Waals surface area contributed by atoms with E-state index in [1.165, 1.54) is 6.42 Å². The third-order valence-electron chi connectivity index (χ3n) is 4.99. The second-order valence-corrected chi connectivity index (χ2v) is 7.96. The normalized spacial score (nSPS) is 20.5. The predicted octanol–water partition coefficient (Wildman–Crippen LogP) is 2.19. The Bertz CT molecular complexity index is 415. The van der Waals surface area contributed by atoms with Crippen LogP contribution in [0.1, 0.15) is 59.3 Å². The topological polar surface area (TPSA) is 72.9 Å². The van der Waals surface area contributed by atoms with Crippen molar-refractivity contribution in [1.29, 1.82) is 0 Å². The molecular weight excluding hydrogens is 318 g/mol. The van der Waals surface area contributed by atoms with Crippen molar-refractivity contribution >= 4 is 11.9 Å². The minimum absolute atomic E-state index is 0.0824. The molecule has 0 aromatic carbocycles. The summed E-state index contributed by atoms with van der Waals surface area (Å²) in [6, 6.07) is 0.520. The molecule has 2 atom stereocenters. The summed E-state index contributed by atoms with van der Waals surface area (Å²) in [6.07, 6.45) is 6.31. The van der Waals surface area contributed by atoms with Crippen LogP contribution in [0.5, 0.6) is 0 Å². The molecule has 0 saturated carbocycles. The summed E-state index contributed by atoms with van der Waals surface area (Å²) in [6.45, 7) is 8.82. The quantitative estimate of drug-likeness (QED) is 0.628. The van der Waals surface area contributed by atoms with Gasteiger partial charge in [0.1, 0.15) is 0 Å². The van der Waals surface area contributed by atoms with Gasteiger partial charge in [0.15, 0.2) is 0 Å². The number of nitrogens with one attached hydrogen (secondary N) is 1. The molecule has 1 rings (SSSR count). The Labute approximate surface area is 152 Å². The Balaban J connectivity index is 2.30. The number of carboxylic acid groups (broad SMARTS) is 1. The first-order valence-corrected chi connectivity index (χ1v) is 9.71. The number of carbonyl (C=O) groups is 2. The number of likely N-dealkylation sites (tertiary alicyclic amines) is 1. The third kappa shape index (κ3) is 9.80. The molecule has 0 spiro atoms. The monoisotopic (exact) mass is 355 g/mol. The van der Waals surface area contributed by atoms with E-state index in [0.717, 1.165) is 45.2 Å². The van der Waals surface area contributed by atoms with Crippen molar-refractivity contribution in [3.8, 4) is 0 Å². The van der Waals surface area contributed by atoms with E-state index < -0.39 is 5.97 Å². The van der Waals surface area contributed by atoms with Crippen LogP contribution in [0.25, 0.3) is 0 Å². The highest BCUT2D eigenvalue weighted by atomic mass is 16.4. The highest BCUT2D eigenvalue weighted by molar-refractivity contribution is 5.78. The molecule has 1 aliphatic heterocycles. The van der Waals surface area contributed by atoms with Crippen LogP contribution in [0.4, 0.5) is 0 Å². The molecule has 2 unspecified atom stereocenters. The maximum atomic E-state index is 12.3. The molecule has 0 bridgehead atoms. The molecule has 2 N–H and O–H groups in total. The smallest absolute Gasteiger partial charge is 0.317 e. The number of carboxylic acids is 1. The zero-order valence-corrected chi connectivity index (χ0v) is 16.5. The molecule has 0 aromatic rings. The van der Waals surface area contributed by atoms with Crippen molar-refractivity contribution in [2.24, 2.45) is 5.92 Å².